The SMILES string of the molecule is Cc1cc(Cl)ccc1CC(N)C(F)F. The predicted molar refractivity (Wildman–Crippen MR) is 53.9 cm³/mol. The second-order valence-electron chi connectivity index (χ2n) is 3.27. The van der Waals surface area contributed by atoms with E-state index in [0.717, 1.165) is 11.1 Å². The Hall–Kier alpha value is -0.670. The van der Waals surface area contributed by atoms with Crippen molar-refractivity contribution in [2.75, 3.05) is 0 Å². The van der Waals surface area contributed by atoms with E-state index in [1.807, 2.05) is 6.92 Å². The molecule has 1 aromatic rings. The second-order valence-corrected chi connectivity index (χ2v) is 3.71. The van der Waals surface area contributed by atoms with Gasteiger partial charge in [-0.25, -0.2) is 8.78 Å². The number of hydrogen-bond acceptors (Lipinski definition) is 1. The standard InChI is InChI=1S/C10H12ClF2N/c1-6-4-8(11)3-2-7(6)5-9(14)10(12)13/h2-4,9-10H,5,14H2,1H3. The lowest BCUT2D eigenvalue weighted by Gasteiger charge is -2.12. The molecular formula is C10H12ClF2N. The topological polar surface area (TPSA) is 26.0 Å². The average Bonchev–Trinajstić information content (AvgIpc) is 2.09. The number of benzene rings is 1. The number of aryl methyl sites for hydroxylation is 1. The van der Waals surface area contributed by atoms with Gasteiger partial charge in [-0.1, -0.05) is 17.7 Å². The highest BCUT2D eigenvalue weighted by Crippen LogP contribution is 2.17. The highest BCUT2D eigenvalue weighted by atomic mass is 35.5. The van der Waals surface area contributed by atoms with Crippen LogP contribution in [0.15, 0.2) is 18.2 Å². The van der Waals surface area contributed by atoms with Crippen molar-refractivity contribution in [2.45, 2.75) is 25.8 Å². The molecule has 0 aliphatic carbocycles. The first-order valence-corrected chi connectivity index (χ1v) is 4.67. The first-order chi connectivity index (χ1) is 6.50. The zero-order chi connectivity index (χ0) is 10.7. The Morgan fingerprint density at radius 2 is 2.07 bits per heavy atom. The van der Waals surface area contributed by atoms with Gasteiger partial charge in [-0.3, -0.25) is 0 Å². The highest BCUT2D eigenvalue weighted by molar-refractivity contribution is 6.30. The van der Waals surface area contributed by atoms with Crippen molar-refractivity contribution >= 4 is 11.6 Å². The maximum absolute atomic E-state index is 12.2. The van der Waals surface area contributed by atoms with E-state index in [0.29, 0.717) is 5.02 Å². The molecule has 0 saturated heterocycles. The van der Waals surface area contributed by atoms with Gasteiger partial charge in [-0.15, -0.1) is 0 Å². The van der Waals surface area contributed by atoms with Crippen LogP contribution in [0.2, 0.25) is 5.02 Å². The van der Waals surface area contributed by atoms with Crippen LogP contribution in [0.3, 0.4) is 0 Å². The molecule has 0 spiro atoms. The van der Waals surface area contributed by atoms with E-state index in [1.54, 1.807) is 18.2 Å². The molecule has 1 rings (SSSR count). The van der Waals surface area contributed by atoms with Crippen LogP contribution in [0.25, 0.3) is 0 Å². The smallest absolute Gasteiger partial charge is 0.253 e. The van der Waals surface area contributed by atoms with Crippen LogP contribution < -0.4 is 5.73 Å². The number of hydrogen-bond donors (Lipinski definition) is 1. The van der Waals surface area contributed by atoms with Gasteiger partial charge in [0, 0.05) is 5.02 Å². The van der Waals surface area contributed by atoms with Crippen molar-refractivity contribution in [3.8, 4) is 0 Å². The fraction of sp³-hybridized carbons (Fsp3) is 0.400. The van der Waals surface area contributed by atoms with E-state index in [4.69, 9.17) is 17.3 Å². The minimum absolute atomic E-state index is 0.181. The third-order valence-electron chi connectivity index (χ3n) is 2.08. The van der Waals surface area contributed by atoms with Crippen molar-refractivity contribution in [2.24, 2.45) is 5.73 Å². The Bertz CT molecular complexity index is 315. The van der Waals surface area contributed by atoms with E-state index < -0.39 is 12.5 Å². The summed E-state index contributed by atoms with van der Waals surface area (Å²) in [6.45, 7) is 1.83. The highest BCUT2D eigenvalue weighted by Gasteiger charge is 2.16. The summed E-state index contributed by atoms with van der Waals surface area (Å²) in [5.74, 6) is 0. The maximum atomic E-state index is 12.2. The van der Waals surface area contributed by atoms with Crippen molar-refractivity contribution in [1.29, 1.82) is 0 Å². The van der Waals surface area contributed by atoms with E-state index >= 15 is 0 Å². The molecule has 0 bridgehead atoms. The van der Waals surface area contributed by atoms with Gasteiger partial charge in [-0.05, 0) is 36.6 Å². The molecule has 0 aliphatic rings. The van der Waals surface area contributed by atoms with Crippen LogP contribution >= 0.6 is 11.6 Å². The summed E-state index contributed by atoms with van der Waals surface area (Å²) in [7, 11) is 0. The first-order valence-electron chi connectivity index (χ1n) is 4.29. The summed E-state index contributed by atoms with van der Waals surface area (Å²) in [5.41, 5.74) is 6.99. The van der Waals surface area contributed by atoms with Crippen molar-refractivity contribution in [1.82, 2.24) is 0 Å². The summed E-state index contributed by atoms with van der Waals surface area (Å²) in [5, 5.41) is 0.608. The molecule has 0 radical (unpaired) electrons. The number of halogens is 3. The zero-order valence-electron chi connectivity index (χ0n) is 7.81. The predicted octanol–water partition coefficient (Wildman–Crippen LogP) is 2.78. The lowest BCUT2D eigenvalue weighted by molar-refractivity contribution is 0.116. The normalized spacial score (nSPS) is 13.3. The molecule has 1 atom stereocenters. The molecule has 0 fully saturated rings. The molecular weight excluding hydrogens is 208 g/mol. The second kappa shape index (κ2) is 4.71. The summed E-state index contributed by atoms with van der Waals surface area (Å²) in [6, 6.07) is 4.06. The maximum Gasteiger partial charge on any atom is 0.253 e. The number of nitrogens with two attached hydrogens (primary N) is 1. The fourth-order valence-corrected chi connectivity index (χ4v) is 1.46. The zero-order valence-corrected chi connectivity index (χ0v) is 8.56. The Morgan fingerprint density at radius 3 is 2.57 bits per heavy atom. The van der Waals surface area contributed by atoms with Crippen molar-refractivity contribution in [3.63, 3.8) is 0 Å². The monoisotopic (exact) mass is 219 g/mol. The van der Waals surface area contributed by atoms with Crippen LogP contribution in [0.4, 0.5) is 8.78 Å². The molecule has 1 nitrogen and oxygen atoms in total. The van der Waals surface area contributed by atoms with Gasteiger partial charge in [0.2, 0.25) is 0 Å². The molecule has 2 N–H and O–H groups in total. The summed E-state index contributed by atoms with van der Waals surface area (Å²) in [6.07, 6.45) is -2.30. The minimum Gasteiger partial charge on any atom is -0.323 e. The van der Waals surface area contributed by atoms with E-state index in [9.17, 15) is 8.78 Å². The average molecular weight is 220 g/mol. The Kier molecular flexibility index (Phi) is 3.84. The van der Waals surface area contributed by atoms with Gasteiger partial charge in [0.05, 0.1) is 6.04 Å². The van der Waals surface area contributed by atoms with Gasteiger partial charge < -0.3 is 5.73 Å². The number of rotatable bonds is 3. The Balaban J connectivity index is 2.77. The van der Waals surface area contributed by atoms with Crippen LogP contribution in [-0.4, -0.2) is 12.5 Å². The van der Waals surface area contributed by atoms with Gasteiger partial charge in [0.15, 0.2) is 0 Å². The molecule has 0 aliphatic heterocycles. The molecule has 4 heteroatoms. The summed E-state index contributed by atoms with van der Waals surface area (Å²) < 4.78 is 24.3. The van der Waals surface area contributed by atoms with Crippen molar-refractivity contribution < 1.29 is 8.78 Å². The summed E-state index contributed by atoms with van der Waals surface area (Å²) in [4.78, 5) is 0. The third kappa shape index (κ3) is 2.93. The third-order valence-corrected chi connectivity index (χ3v) is 2.32. The summed E-state index contributed by atoms with van der Waals surface area (Å²) >= 11 is 5.74. The van der Waals surface area contributed by atoms with Crippen LogP contribution in [0.1, 0.15) is 11.1 Å². The molecule has 0 amide bonds. The van der Waals surface area contributed by atoms with Crippen LogP contribution in [-0.2, 0) is 6.42 Å². The molecule has 0 saturated carbocycles. The van der Waals surface area contributed by atoms with E-state index in [1.165, 1.54) is 0 Å². The molecule has 0 heterocycles. The quantitative estimate of drug-likeness (QED) is 0.831. The van der Waals surface area contributed by atoms with Crippen LogP contribution in [0.5, 0.6) is 0 Å². The van der Waals surface area contributed by atoms with Gasteiger partial charge in [-0.2, -0.15) is 0 Å². The largest absolute Gasteiger partial charge is 0.323 e. The first kappa shape index (κ1) is 11.4. The van der Waals surface area contributed by atoms with E-state index in [-0.39, 0.29) is 6.42 Å². The Morgan fingerprint density at radius 1 is 1.43 bits per heavy atom. The lowest BCUT2D eigenvalue weighted by Crippen LogP contribution is -2.31. The van der Waals surface area contributed by atoms with Crippen LogP contribution in [0, 0.1) is 6.92 Å². The van der Waals surface area contributed by atoms with Gasteiger partial charge >= 0.3 is 0 Å². The number of alkyl halides is 2. The van der Waals surface area contributed by atoms with E-state index in [2.05, 4.69) is 0 Å². The van der Waals surface area contributed by atoms with Gasteiger partial charge in [0.1, 0.15) is 0 Å². The minimum atomic E-state index is -2.48. The molecule has 78 valence electrons. The van der Waals surface area contributed by atoms with Gasteiger partial charge in [0.25, 0.3) is 6.43 Å². The molecule has 1 aromatic carbocycles. The molecule has 0 aromatic heterocycles. The van der Waals surface area contributed by atoms with Crippen molar-refractivity contribution in [3.05, 3.63) is 34.3 Å². The molecule has 14 heavy (non-hydrogen) atoms. The lowest BCUT2D eigenvalue weighted by atomic mass is 10.0. The Labute approximate surface area is 86.9 Å². The molecule has 1 unspecified atom stereocenters. The fourth-order valence-electron chi connectivity index (χ4n) is 1.23.